The standard InChI is InChI=1S/C16H19BrN4O2/c1-20-4-3-19-16(20)13-8-18-2-5-21(13)9-11-6-14-15(7-12(11)17)23-10-22-14/h3-4,6-7,13,18H,2,5,8-10H2,1H3. The molecule has 1 aromatic heterocycles. The number of imidazole rings is 1. The smallest absolute Gasteiger partial charge is 0.231 e. The molecule has 1 N–H and O–H groups in total. The number of hydrogen-bond acceptors (Lipinski definition) is 5. The Bertz CT molecular complexity index is 718. The van der Waals surface area contributed by atoms with Crippen LogP contribution < -0.4 is 14.8 Å². The van der Waals surface area contributed by atoms with Crippen LogP contribution in [-0.4, -0.2) is 40.9 Å². The molecule has 1 fully saturated rings. The number of halogens is 1. The van der Waals surface area contributed by atoms with E-state index in [0.717, 1.165) is 48.0 Å². The number of fused-ring (bicyclic) bond motifs is 1. The van der Waals surface area contributed by atoms with Crippen molar-refractivity contribution in [3.63, 3.8) is 0 Å². The molecule has 0 saturated carbocycles. The Morgan fingerprint density at radius 1 is 1.35 bits per heavy atom. The minimum atomic E-state index is 0.265. The molecule has 0 spiro atoms. The lowest BCUT2D eigenvalue weighted by Crippen LogP contribution is -2.46. The number of nitrogens with zero attached hydrogens (tertiary/aromatic N) is 3. The van der Waals surface area contributed by atoms with Gasteiger partial charge in [0.1, 0.15) is 5.82 Å². The highest BCUT2D eigenvalue weighted by molar-refractivity contribution is 9.10. The molecular formula is C16H19BrN4O2. The Morgan fingerprint density at radius 2 is 2.17 bits per heavy atom. The summed E-state index contributed by atoms with van der Waals surface area (Å²) < 4.78 is 14.1. The molecule has 1 atom stereocenters. The lowest BCUT2D eigenvalue weighted by Gasteiger charge is -2.36. The largest absolute Gasteiger partial charge is 0.454 e. The monoisotopic (exact) mass is 378 g/mol. The van der Waals surface area contributed by atoms with Gasteiger partial charge in [-0.25, -0.2) is 4.98 Å². The number of aryl methyl sites for hydroxylation is 1. The third-order valence-corrected chi connectivity index (χ3v) is 5.16. The Labute approximate surface area is 143 Å². The van der Waals surface area contributed by atoms with E-state index < -0.39 is 0 Å². The summed E-state index contributed by atoms with van der Waals surface area (Å²) in [6, 6.07) is 4.33. The quantitative estimate of drug-likeness (QED) is 0.885. The second-order valence-electron chi connectivity index (χ2n) is 5.88. The van der Waals surface area contributed by atoms with Crippen molar-refractivity contribution < 1.29 is 9.47 Å². The number of ether oxygens (including phenoxy) is 2. The number of aromatic nitrogens is 2. The Morgan fingerprint density at radius 3 is 2.96 bits per heavy atom. The average Bonchev–Trinajstić information content (AvgIpc) is 3.17. The Hall–Kier alpha value is -1.57. The van der Waals surface area contributed by atoms with Crippen LogP contribution in [0.25, 0.3) is 0 Å². The molecule has 23 heavy (non-hydrogen) atoms. The van der Waals surface area contributed by atoms with Crippen molar-refractivity contribution in [3.05, 3.63) is 40.4 Å². The van der Waals surface area contributed by atoms with Gasteiger partial charge in [-0.2, -0.15) is 0 Å². The van der Waals surface area contributed by atoms with E-state index in [1.54, 1.807) is 0 Å². The maximum atomic E-state index is 5.51. The molecule has 0 aliphatic carbocycles. The van der Waals surface area contributed by atoms with Crippen LogP contribution in [0, 0.1) is 0 Å². The first-order valence-electron chi connectivity index (χ1n) is 7.72. The van der Waals surface area contributed by atoms with Crippen molar-refractivity contribution in [2.24, 2.45) is 7.05 Å². The van der Waals surface area contributed by atoms with Gasteiger partial charge >= 0.3 is 0 Å². The molecule has 7 heteroatoms. The highest BCUT2D eigenvalue weighted by Gasteiger charge is 2.28. The fourth-order valence-corrected chi connectivity index (χ4v) is 3.64. The number of benzene rings is 1. The zero-order valence-corrected chi connectivity index (χ0v) is 14.5. The SMILES string of the molecule is Cn1ccnc1C1CNCCN1Cc1cc2c(cc1Br)OCO2. The second kappa shape index (κ2) is 6.14. The van der Waals surface area contributed by atoms with Crippen molar-refractivity contribution >= 4 is 15.9 Å². The summed E-state index contributed by atoms with van der Waals surface area (Å²) in [6.07, 6.45) is 3.86. The molecular weight excluding hydrogens is 360 g/mol. The van der Waals surface area contributed by atoms with Gasteiger partial charge < -0.3 is 19.4 Å². The summed E-state index contributed by atoms with van der Waals surface area (Å²) in [5, 5.41) is 3.47. The third kappa shape index (κ3) is 2.84. The van der Waals surface area contributed by atoms with Gasteiger partial charge in [0, 0.05) is 50.1 Å². The topological polar surface area (TPSA) is 51.6 Å². The van der Waals surface area contributed by atoms with Crippen LogP contribution in [0.2, 0.25) is 0 Å². The minimum Gasteiger partial charge on any atom is -0.454 e. The summed E-state index contributed by atoms with van der Waals surface area (Å²) in [5.41, 5.74) is 1.20. The zero-order chi connectivity index (χ0) is 15.8. The van der Waals surface area contributed by atoms with E-state index in [2.05, 4.69) is 41.8 Å². The van der Waals surface area contributed by atoms with E-state index in [0.29, 0.717) is 6.79 Å². The maximum absolute atomic E-state index is 5.51. The van der Waals surface area contributed by atoms with Gasteiger partial charge in [-0.05, 0) is 17.7 Å². The van der Waals surface area contributed by atoms with Crippen LogP contribution in [0.15, 0.2) is 29.0 Å². The van der Waals surface area contributed by atoms with Gasteiger partial charge in [-0.3, -0.25) is 4.90 Å². The van der Waals surface area contributed by atoms with Crippen LogP contribution in [0.1, 0.15) is 17.4 Å². The Kier molecular flexibility index (Phi) is 4.00. The Balaban J connectivity index is 1.60. The molecule has 2 aromatic rings. The van der Waals surface area contributed by atoms with Crippen molar-refractivity contribution in [3.8, 4) is 11.5 Å². The van der Waals surface area contributed by atoms with Crippen LogP contribution in [-0.2, 0) is 13.6 Å². The van der Waals surface area contributed by atoms with Crippen molar-refractivity contribution in [1.29, 1.82) is 0 Å². The average molecular weight is 379 g/mol. The first-order chi connectivity index (χ1) is 11.2. The van der Waals surface area contributed by atoms with E-state index in [4.69, 9.17) is 9.47 Å². The van der Waals surface area contributed by atoms with Crippen molar-refractivity contribution in [2.45, 2.75) is 12.6 Å². The molecule has 2 aliphatic rings. The molecule has 4 rings (SSSR count). The number of rotatable bonds is 3. The second-order valence-corrected chi connectivity index (χ2v) is 6.74. The van der Waals surface area contributed by atoms with E-state index in [1.165, 1.54) is 5.56 Å². The predicted octanol–water partition coefficient (Wildman–Crippen LogP) is 2.06. The summed E-state index contributed by atoms with van der Waals surface area (Å²) in [7, 11) is 2.05. The lowest BCUT2D eigenvalue weighted by molar-refractivity contribution is 0.144. The van der Waals surface area contributed by atoms with E-state index in [1.807, 2.05) is 25.5 Å². The molecule has 3 heterocycles. The van der Waals surface area contributed by atoms with Gasteiger partial charge in [0.2, 0.25) is 6.79 Å². The van der Waals surface area contributed by atoms with Crippen molar-refractivity contribution in [1.82, 2.24) is 19.8 Å². The fraction of sp³-hybridized carbons (Fsp3) is 0.438. The molecule has 0 radical (unpaired) electrons. The fourth-order valence-electron chi connectivity index (χ4n) is 3.19. The molecule has 2 aliphatic heterocycles. The first kappa shape index (κ1) is 15.0. The number of piperazine rings is 1. The molecule has 0 bridgehead atoms. The molecule has 1 unspecified atom stereocenters. The van der Waals surface area contributed by atoms with Crippen LogP contribution in [0.3, 0.4) is 0 Å². The predicted molar refractivity (Wildman–Crippen MR) is 89.5 cm³/mol. The normalized spacial score (nSPS) is 20.9. The van der Waals surface area contributed by atoms with Gasteiger partial charge in [0.05, 0.1) is 6.04 Å². The van der Waals surface area contributed by atoms with Gasteiger partial charge in [-0.1, -0.05) is 15.9 Å². The van der Waals surface area contributed by atoms with Crippen LogP contribution in [0.5, 0.6) is 11.5 Å². The van der Waals surface area contributed by atoms with E-state index >= 15 is 0 Å². The summed E-state index contributed by atoms with van der Waals surface area (Å²) in [6.45, 7) is 4.03. The molecule has 1 aromatic carbocycles. The first-order valence-corrected chi connectivity index (χ1v) is 8.51. The number of nitrogens with one attached hydrogen (secondary N) is 1. The molecule has 0 amide bonds. The number of hydrogen-bond donors (Lipinski definition) is 1. The van der Waals surface area contributed by atoms with Crippen LogP contribution >= 0.6 is 15.9 Å². The minimum absolute atomic E-state index is 0.265. The lowest BCUT2D eigenvalue weighted by atomic mass is 10.1. The molecule has 1 saturated heterocycles. The van der Waals surface area contributed by atoms with E-state index in [-0.39, 0.29) is 6.04 Å². The zero-order valence-electron chi connectivity index (χ0n) is 13.0. The van der Waals surface area contributed by atoms with E-state index in [9.17, 15) is 0 Å². The summed E-state index contributed by atoms with van der Waals surface area (Å²) in [4.78, 5) is 7.00. The maximum Gasteiger partial charge on any atom is 0.231 e. The van der Waals surface area contributed by atoms with Crippen molar-refractivity contribution in [2.75, 3.05) is 26.4 Å². The third-order valence-electron chi connectivity index (χ3n) is 4.43. The van der Waals surface area contributed by atoms with Gasteiger partial charge in [-0.15, -0.1) is 0 Å². The van der Waals surface area contributed by atoms with Gasteiger partial charge in [0.15, 0.2) is 11.5 Å². The highest BCUT2D eigenvalue weighted by atomic mass is 79.9. The summed E-state index contributed by atoms with van der Waals surface area (Å²) >= 11 is 3.66. The van der Waals surface area contributed by atoms with Gasteiger partial charge in [0.25, 0.3) is 0 Å². The summed E-state index contributed by atoms with van der Waals surface area (Å²) in [5.74, 6) is 2.72. The molecule has 6 nitrogen and oxygen atoms in total. The molecule has 122 valence electrons. The highest BCUT2D eigenvalue weighted by Crippen LogP contribution is 2.38. The van der Waals surface area contributed by atoms with Crippen LogP contribution in [0.4, 0.5) is 0 Å².